The minimum absolute atomic E-state index is 0.0662. The van der Waals surface area contributed by atoms with Crippen molar-refractivity contribution in [2.45, 2.75) is 12.8 Å². The van der Waals surface area contributed by atoms with Gasteiger partial charge in [0, 0.05) is 24.0 Å². The van der Waals surface area contributed by atoms with Crippen LogP contribution in [0.15, 0.2) is 30.3 Å². The first-order chi connectivity index (χ1) is 11.6. The predicted octanol–water partition coefficient (Wildman–Crippen LogP) is 3.71. The van der Waals surface area contributed by atoms with E-state index in [9.17, 15) is 10.1 Å². The fourth-order valence-corrected chi connectivity index (χ4v) is 2.83. The number of ether oxygens (including phenoxy) is 2. The molecule has 1 heterocycles. The first-order valence-corrected chi connectivity index (χ1v) is 7.66. The van der Waals surface area contributed by atoms with E-state index < -0.39 is 4.92 Å². The van der Waals surface area contributed by atoms with Crippen molar-refractivity contribution in [2.24, 2.45) is 0 Å². The van der Waals surface area contributed by atoms with Gasteiger partial charge >= 0.3 is 0 Å². The molecular weight excluding hydrogens is 310 g/mol. The van der Waals surface area contributed by atoms with Crippen molar-refractivity contribution in [1.82, 2.24) is 0 Å². The first kappa shape index (κ1) is 15.9. The second-order valence-corrected chi connectivity index (χ2v) is 5.51. The Morgan fingerprint density at radius 2 is 1.92 bits per heavy atom. The molecule has 0 bridgehead atoms. The Balaban J connectivity index is 1.98. The summed E-state index contributed by atoms with van der Waals surface area (Å²) in [6.07, 6.45) is 2.07. The van der Waals surface area contributed by atoms with Gasteiger partial charge in [-0.3, -0.25) is 10.1 Å². The number of hydrogen-bond donors (Lipinski definition) is 2. The van der Waals surface area contributed by atoms with E-state index in [1.807, 2.05) is 18.2 Å². The monoisotopic (exact) mass is 329 g/mol. The average Bonchev–Trinajstić information content (AvgIpc) is 2.61. The zero-order valence-electron chi connectivity index (χ0n) is 13.6. The fourth-order valence-electron chi connectivity index (χ4n) is 2.83. The molecule has 0 amide bonds. The van der Waals surface area contributed by atoms with E-state index >= 15 is 0 Å². The highest BCUT2D eigenvalue weighted by Crippen LogP contribution is 2.39. The van der Waals surface area contributed by atoms with Crippen LogP contribution in [0.1, 0.15) is 12.0 Å². The summed E-state index contributed by atoms with van der Waals surface area (Å²) in [5, 5.41) is 17.8. The lowest BCUT2D eigenvalue weighted by atomic mass is 10.0. The lowest BCUT2D eigenvalue weighted by molar-refractivity contribution is -0.384. The largest absolute Gasteiger partial charge is 0.493 e. The summed E-state index contributed by atoms with van der Waals surface area (Å²) in [5.74, 6) is 0.759. The molecule has 2 aromatic rings. The van der Waals surface area contributed by atoms with Crippen molar-refractivity contribution in [3.8, 4) is 11.5 Å². The molecule has 126 valence electrons. The molecule has 3 rings (SSSR count). The number of aryl methyl sites for hydroxylation is 1. The van der Waals surface area contributed by atoms with Crippen LogP contribution >= 0.6 is 0 Å². The molecule has 1 aliphatic heterocycles. The average molecular weight is 329 g/mol. The molecule has 2 aromatic carbocycles. The standard InChI is InChI=1S/C17H19N3O4/c1-23-16-9-14(15(20(21)22)10-17(16)24-2)19-12-5-6-13-11(8-12)4-3-7-18-13/h5-6,8-10,18-19H,3-4,7H2,1-2H3. The van der Waals surface area contributed by atoms with E-state index in [1.165, 1.54) is 25.8 Å². The van der Waals surface area contributed by atoms with E-state index in [0.717, 1.165) is 30.8 Å². The summed E-state index contributed by atoms with van der Waals surface area (Å²) < 4.78 is 10.4. The zero-order valence-corrected chi connectivity index (χ0v) is 13.6. The number of nitrogens with one attached hydrogen (secondary N) is 2. The van der Waals surface area contributed by atoms with Crippen molar-refractivity contribution in [3.63, 3.8) is 0 Å². The molecule has 24 heavy (non-hydrogen) atoms. The number of methoxy groups -OCH3 is 2. The van der Waals surface area contributed by atoms with Crippen LogP contribution in [0.3, 0.4) is 0 Å². The maximum atomic E-state index is 11.4. The third-order valence-corrected chi connectivity index (χ3v) is 4.02. The van der Waals surface area contributed by atoms with Gasteiger partial charge in [-0.1, -0.05) is 0 Å². The third kappa shape index (κ3) is 3.05. The van der Waals surface area contributed by atoms with Gasteiger partial charge in [-0.05, 0) is 36.6 Å². The summed E-state index contributed by atoms with van der Waals surface area (Å²) in [6, 6.07) is 8.85. The summed E-state index contributed by atoms with van der Waals surface area (Å²) in [4.78, 5) is 10.9. The Hall–Kier alpha value is -2.96. The van der Waals surface area contributed by atoms with Gasteiger partial charge < -0.3 is 20.1 Å². The molecule has 0 fully saturated rings. The Morgan fingerprint density at radius 3 is 2.62 bits per heavy atom. The first-order valence-electron chi connectivity index (χ1n) is 7.66. The molecule has 0 saturated carbocycles. The van der Waals surface area contributed by atoms with Crippen molar-refractivity contribution in [3.05, 3.63) is 46.0 Å². The summed E-state index contributed by atoms with van der Waals surface area (Å²) >= 11 is 0. The molecule has 7 nitrogen and oxygen atoms in total. The number of nitro groups is 1. The summed E-state index contributed by atoms with van der Waals surface area (Å²) in [7, 11) is 2.95. The topological polar surface area (TPSA) is 85.7 Å². The Morgan fingerprint density at radius 1 is 1.17 bits per heavy atom. The summed E-state index contributed by atoms with van der Waals surface area (Å²) in [6.45, 7) is 0.973. The van der Waals surface area contributed by atoms with E-state index in [0.29, 0.717) is 17.2 Å². The molecule has 0 saturated heterocycles. The van der Waals surface area contributed by atoms with Crippen LogP contribution < -0.4 is 20.1 Å². The van der Waals surface area contributed by atoms with Crippen LogP contribution in [0.5, 0.6) is 11.5 Å². The minimum Gasteiger partial charge on any atom is -0.493 e. The molecule has 0 aliphatic carbocycles. The predicted molar refractivity (Wildman–Crippen MR) is 92.7 cm³/mol. The molecule has 0 radical (unpaired) electrons. The van der Waals surface area contributed by atoms with Crippen LogP contribution in [0.4, 0.5) is 22.7 Å². The van der Waals surface area contributed by atoms with Gasteiger partial charge in [0.2, 0.25) is 0 Å². The number of rotatable bonds is 5. The van der Waals surface area contributed by atoms with E-state index in [-0.39, 0.29) is 5.69 Å². The molecule has 0 unspecified atom stereocenters. The Bertz CT molecular complexity index is 777. The van der Waals surface area contributed by atoms with Crippen molar-refractivity contribution in [2.75, 3.05) is 31.4 Å². The Labute approximate surface area is 139 Å². The van der Waals surface area contributed by atoms with Crippen molar-refractivity contribution >= 4 is 22.7 Å². The van der Waals surface area contributed by atoms with Crippen LogP contribution in [0.2, 0.25) is 0 Å². The van der Waals surface area contributed by atoms with E-state index in [1.54, 1.807) is 6.07 Å². The molecule has 0 spiro atoms. The molecule has 0 atom stereocenters. The van der Waals surface area contributed by atoms with Crippen molar-refractivity contribution in [1.29, 1.82) is 0 Å². The van der Waals surface area contributed by atoms with Gasteiger partial charge in [0.05, 0.1) is 25.2 Å². The van der Waals surface area contributed by atoms with Gasteiger partial charge in [0.15, 0.2) is 11.5 Å². The van der Waals surface area contributed by atoms with Gasteiger partial charge in [-0.25, -0.2) is 0 Å². The second-order valence-electron chi connectivity index (χ2n) is 5.51. The fraction of sp³-hybridized carbons (Fsp3) is 0.294. The van der Waals surface area contributed by atoms with Crippen LogP contribution in [0.25, 0.3) is 0 Å². The second kappa shape index (κ2) is 6.66. The van der Waals surface area contributed by atoms with Crippen LogP contribution in [-0.2, 0) is 6.42 Å². The molecule has 1 aliphatic rings. The number of nitrogens with zero attached hydrogens (tertiary/aromatic N) is 1. The highest BCUT2D eigenvalue weighted by Gasteiger charge is 2.20. The highest BCUT2D eigenvalue weighted by atomic mass is 16.6. The lowest BCUT2D eigenvalue weighted by Gasteiger charge is -2.19. The maximum absolute atomic E-state index is 11.4. The number of anilines is 3. The molecule has 7 heteroatoms. The number of hydrogen-bond acceptors (Lipinski definition) is 6. The number of benzene rings is 2. The van der Waals surface area contributed by atoms with Crippen LogP contribution in [-0.4, -0.2) is 25.7 Å². The van der Waals surface area contributed by atoms with Gasteiger partial charge in [-0.2, -0.15) is 0 Å². The smallest absolute Gasteiger partial charge is 0.296 e. The quantitative estimate of drug-likeness (QED) is 0.642. The van der Waals surface area contributed by atoms with E-state index in [4.69, 9.17) is 9.47 Å². The van der Waals surface area contributed by atoms with Crippen molar-refractivity contribution < 1.29 is 14.4 Å². The van der Waals surface area contributed by atoms with Crippen LogP contribution in [0, 0.1) is 10.1 Å². The minimum atomic E-state index is -0.440. The Kier molecular flexibility index (Phi) is 4.41. The number of nitro benzene ring substituents is 1. The number of fused-ring (bicyclic) bond motifs is 1. The van der Waals surface area contributed by atoms with Gasteiger partial charge in [-0.15, -0.1) is 0 Å². The summed E-state index contributed by atoms with van der Waals surface area (Å²) in [5.41, 5.74) is 3.42. The maximum Gasteiger partial charge on any atom is 0.296 e. The molecular formula is C17H19N3O4. The normalized spacial score (nSPS) is 12.8. The van der Waals surface area contributed by atoms with Gasteiger partial charge in [0.1, 0.15) is 5.69 Å². The zero-order chi connectivity index (χ0) is 17.1. The molecule has 0 aromatic heterocycles. The highest BCUT2D eigenvalue weighted by molar-refractivity contribution is 5.75. The lowest BCUT2D eigenvalue weighted by Crippen LogP contribution is -2.11. The third-order valence-electron chi connectivity index (χ3n) is 4.02. The SMILES string of the molecule is COc1cc(Nc2ccc3c(c2)CCCN3)c([N+](=O)[O-])cc1OC. The van der Waals surface area contributed by atoms with E-state index in [2.05, 4.69) is 10.6 Å². The van der Waals surface area contributed by atoms with Gasteiger partial charge in [0.25, 0.3) is 5.69 Å². The molecule has 2 N–H and O–H groups in total.